The molecule has 1 atom stereocenters. The number of nitrogens with one attached hydrogen (secondary N) is 1. The molecular weight excluding hydrogens is 172 g/mol. The van der Waals surface area contributed by atoms with Crippen molar-refractivity contribution >= 4 is 5.69 Å². The fourth-order valence-electron chi connectivity index (χ4n) is 2.09. The summed E-state index contributed by atoms with van der Waals surface area (Å²) in [6.07, 6.45) is 2.59. The highest BCUT2D eigenvalue weighted by Crippen LogP contribution is 2.25. The van der Waals surface area contributed by atoms with Crippen LogP contribution >= 0.6 is 0 Å². The number of rotatable bonds is 1. The molecule has 0 amide bonds. The Kier molecular flexibility index (Phi) is 2.73. The van der Waals surface area contributed by atoms with Crippen molar-refractivity contribution < 1.29 is 0 Å². The number of benzene rings is 1. The Morgan fingerprint density at radius 2 is 2.29 bits per heavy atom. The molecule has 0 unspecified atom stereocenters. The highest BCUT2D eigenvalue weighted by atomic mass is 14.9. The largest absolute Gasteiger partial charge is 0.399 e. The highest BCUT2D eigenvalue weighted by Gasteiger charge is 2.14. The van der Waals surface area contributed by atoms with Crippen molar-refractivity contribution in [3.8, 4) is 0 Å². The van der Waals surface area contributed by atoms with Crippen LogP contribution in [0.15, 0.2) is 18.2 Å². The summed E-state index contributed by atoms with van der Waals surface area (Å²) >= 11 is 0. The lowest BCUT2D eigenvalue weighted by molar-refractivity contribution is 0.461. The van der Waals surface area contributed by atoms with E-state index in [1.807, 2.05) is 6.07 Å². The molecule has 2 heteroatoms. The minimum Gasteiger partial charge on any atom is -0.399 e. The van der Waals surface area contributed by atoms with Crippen molar-refractivity contribution in [3.63, 3.8) is 0 Å². The first-order valence-corrected chi connectivity index (χ1v) is 5.34. The van der Waals surface area contributed by atoms with Crippen LogP contribution in [0.25, 0.3) is 0 Å². The number of nitrogens with two attached hydrogens (primary N) is 1. The van der Waals surface area contributed by atoms with Crippen LogP contribution in [-0.4, -0.2) is 13.1 Å². The predicted octanol–water partition coefficient (Wildman–Crippen LogP) is 2.04. The van der Waals surface area contributed by atoms with E-state index in [0.717, 1.165) is 12.2 Å². The molecule has 76 valence electrons. The molecule has 1 aromatic rings. The Morgan fingerprint density at radius 1 is 1.43 bits per heavy atom. The third kappa shape index (κ3) is 1.90. The average molecular weight is 190 g/mol. The summed E-state index contributed by atoms with van der Waals surface area (Å²) < 4.78 is 0. The molecule has 2 nitrogen and oxygen atoms in total. The number of hydrogen-bond donors (Lipinski definition) is 2. The Hall–Kier alpha value is -1.02. The molecule has 1 aliphatic rings. The molecule has 1 aromatic carbocycles. The minimum absolute atomic E-state index is 0.683. The molecule has 1 saturated heterocycles. The SMILES string of the molecule is Cc1cc([C@H]2CCCNC2)ccc1N. The maximum absolute atomic E-state index is 5.80. The monoisotopic (exact) mass is 190 g/mol. The molecule has 0 aliphatic carbocycles. The van der Waals surface area contributed by atoms with Gasteiger partial charge in [0.2, 0.25) is 0 Å². The van der Waals surface area contributed by atoms with Gasteiger partial charge in [-0.25, -0.2) is 0 Å². The first-order valence-electron chi connectivity index (χ1n) is 5.34. The molecule has 14 heavy (non-hydrogen) atoms. The molecule has 0 radical (unpaired) electrons. The first-order chi connectivity index (χ1) is 6.77. The summed E-state index contributed by atoms with van der Waals surface area (Å²) in [6.45, 7) is 4.36. The summed E-state index contributed by atoms with van der Waals surface area (Å²) in [5, 5.41) is 3.44. The van der Waals surface area contributed by atoms with Crippen molar-refractivity contribution in [1.29, 1.82) is 0 Å². The van der Waals surface area contributed by atoms with E-state index in [1.165, 1.54) is 30.5 Å². The van der Waals surface area contributed by atoms with Gasteiger partial charge in [0, 0.05) is 12.2 Å². The summed E-state index contributed by atoms with van der Waals surface area (Å²) in [7, 11) is 0. The second-order valence-electron chi connectivity index (χ2n) is 4.16. The van der Waals surface area contributed by atoms with E-state index >= 15 is 0 Å². The second-order valence-corrected chi connectivity index (χ2v) is 4.16. The van der Waals surface area contributed by atoms with Gasteiger partial charge in [-0.3, -0.25) is 0 Å². The number of anilines is 1. The first kappa shape index (κ1) is 9.53. The van der Waals surface area contributed by atoms with E-state index in [2.05, 4.69) is 24.4 Å². The van der Waals surface area contributed by atoms with Crippen LogP contribution in [0.1, 0.15) is 29.9 Å². The smallest absolute Gasteiger partial charge is 0.0343 e. The van der Waals surface area contributed by atoms with Crippen LogP contribution in [0.3, 0.4) is 0 Å². The molecule has 0 spiro atoms. The van der Waals surface area contributed by atoms with Crippen molar-refractivity contribution in [2.45, 2.75) is 25.7 Å². The number of hydrogen-bond acceptors (Lipinski definition) is 2. The van der Waals surface area contributed by atoms with Gasteiger partial charge in [-0.2, -0.15) is 0 Å². The summed E-state index contributed by atoms with van der Waals surface area (Å²) in [4.78, 5) is 0. The van der Waals surface area contributed by atoms with E-state index in [9.17, 15) is 0 Å². The molecule has 0 saturated carbocycles. The Bertz CT molecular complexity index is 314. The Balaban J connectivity index is 2.18. The molecular formula is C12H18N2. The van der Waals surface area contributed by atoms with Crippen LogP contribution in [0.5, 0.6) is 0 Å². The zero-order valence-corrected chi connectivity index (χ0v) is 8.72. The number of aryl methyl sites for hydroxylation is 1. The van der Waals surface area contributed by atoms with Crippen molar-refractivity contribution in [3.05, 3.63) is 29.3 Å². The average Bonchev–Trinajstić information content (AvgIpc) is 2.23. The Labute approximate surface area is 85.5 Å². The van der Waals surface area contributed by atoms with E-state index < -0.39 is 0 Å². The van der Waals surface area contributed by atoms with Crippen LogP contribution in [-0.2, 0) is 0 Å². The molecule has 1 heterocycles. The van der Waals surface area contributed by atoms with Crippen LogP contribution in [0.4, 0.5) is 5.69 Å². The van der Waals surface area contributed by atoms with Gasteiger partial charge in [0.1, 0.15) is 0 Å². The second kappa shape index (κ2) is 4.01. The van der Waals surface area contributed by atoms with Gasteiger partial charge in [-0.1, -0.05) is 12.1 Å². The predicted molar refractivity (Wildman–Crippen MR) is 60.4 cm³/mol. The third-order valence-corrected chi connectivity index (χ3v) is 3.06. The van der Waals surface area contributed by atoms with E-state index in [4.69, 9.17) is 5.73 Å². The van der Waals surface area contributed by atoms with Gasteiger partial charge < -0.3 is 11.1 Å². The lowest BCUT2D eigenvalue weighted by atomic mass is 9.90. The van der Waals surface area contributed by atoms with Gasteiger partial charge in [0.05, 0.1) is 0 Å². The topological polar surface area (TPSA) is 38.0 Å². The van der Waals surface area contributed by atoms with Crippen LogP contribution in [0.2, 0.25) is 0 Å². The highest BCUT2D eigenvalue weighted by molar-refractivity contribution is 5.48. The quantitative estimate of drug-likeness (QED) is 0.665. The maximum atomic E-state index is 5.80. The normalized spacial score (nSPS) is 22.2. The number of nitrogen functional groups attached to an aromatic ring is 1. The minimum atomic E-state index is 0.683. The lowest BCUT2D eigenvalue weighted by Gasteiger charge is -2.23. The van der Waals surface area contributed by atoms with Gasteiger partial charge in [-0.05, 0) is 49.4 Å². The summed E-state index contributed by atoms with van der Waals surface area (Å²) in [5.41, 5.74) is 9.34. The standard InChI is InChI=1S/C12H18N2/c1-9-7-10(4-5-12(9)13)11-3-2-6-14-8-11/h4-5,7,11,14H,2-3,6,8,13H2,1H3/t11-/m0/s1. The van der Waals surface area contributed by atoms with Crippen molar-refractivity contribution in [2.75, 3.05) is 18.8 Å². The van der Waals surface area contributed by atoms with Crippen LogP contribution in [0, 0.1) is 6.92 Å². The molecule has 1 fully saturated rings. The summed E-state index contributed by atoms with van der Waals surface area (Å²) in [6, 6.07) is 6.42. The molecule has 0 bridgehead atoms. The van der Waals surface area contributed by atoms with E-state index in [0.29, 0.717) is 5.92 Å². The van der Waals surface area contributed by atoms with Crippen LogP contribution < -0.4 is 11.1 Å². The van der Waals surface area contributed by atoms with Crippen molar-refractivity contribution in [1.82, 2.24) is 5.32 Å². The number of piperidine rings is 1. The van der Waals surface area contributed by atoms with Gasteiger partial charge in [0.25, 0.3) is 0 Å². The van der Waals surface area contributed by atoms with Crippen molar-refractivity contribution in [2.24, 2.45) is 0 Å². The fourth-order valence-corrected chi connectivity index (χ4v) is 2.09. The molecule has 1 aliphatic heterocycles. The fraction of sp³-hybridized carbons (Fsp3) is 0.500. The van der Waals surface area contributed by atoms with Gasteiger partial charge in [0.15, 0.2) is 0 Å². The molecule has 0 aromatic heterocycles. The zero-order chi connectivity index (χ0) is 9.97. The molecule has 2 rings (SSSR count). The van der Waals surface area contributed by atoms with Gasteiger partial charge in [-0.15, -0.1) is 0 Å². The van der Waals surface area contributed by atoms with E-state index in [1.54, 1.807) is 0 Å². The molecule has 3 N–H and O–H groups in total. The Morgan fingerprint density at radius 3 is 2.93 bits per heavy atom. The third-order valence-electron chi connectivity index (χ3n) is 3.06. The van der Waals surface area contributed by atoms with Gasteiger partial charge >= 0.3 is 0 Å². The lowest BCUT2D eigenvalue weighted by Crippen LogP contribution is -2.28. The summed E-state index contributed by atoms with van der Waals surface area (Å²) in [5.74, 6) is 0.683. The van der Waals surface area contributed by atoms with E-state index in [-0.39, 0.29) is 0 Å². The zero-order valence-electron chi connectivity index (χ0n) is 8.72. The maximum Gasteiger partial charge on any atom is 0.0343 e.